The molecule has 4 heteroatoms. The number of pyridine rings is 1. The zero-order valence-corrected chi connectivity index (χ0v) is 9.66. The van der Waals surface area contributed by atoms with Gasteiger partial charge in [0.25, 0.3) is 5.91 Å². The molecule has 2 saturated carbocycles. The number of rotatable bonds is 4. The van der Waals surface area contributed by atoms with Gasteiger partial charge in [-0.2, -0.15) is 0 Å². The fourth-order valence-corrected chi connectivity index (χ4v) is 2.52. The molecule has 0 spiro atoms. The fourth-order valence-electron chi connectivity index (χ4n) is 2.52. The molecule has 90 valence electrons. The molecule has 1 amide bonds. The van der Waals surface area contributed by atoms with Gasteiger partial charge >= 0.3 is 0 Å². The minimum Gasteiger partial charge on any atom is -0.350 e. The SMILES string of the molecule is O=C(NCC1(C2CC2)CC1)c1cccc(=O)[nH]1. The van der Waals surface area contributed by atoms with Crippen LogP contribution >= 0.6 is 0 Å². The van der Waals surface area contributed by atoms with Gasteiger partial charge in [-0.1, -0.05) is 6.07 Å². The summed E-state index contributed by atoms with van der Waals surface area (Å²) < 4.78 is 0. The number of hydrogen-bond donors (Lipinski definition) is 2. The molecule has 2 aliphatic rings. The largest absolute Gasteiger partial charge is 0.350 e. The van der Waals surface area contributed by atoms with Crippen molar-refractivity contribution in [1.29, 1.82) is 0 Å². The third-order valence-electron chi connectivity index (χ3n) is 3.95. The third kappa shape index (κ3) is 2.12. The number of aromatic amines is 1. The quantitative estimate of drug-likeness (QED) is 0.821. The molecule has 2 fully saturated rings. The molecule has 4 nitrogen and oxygen atoms in total. The molecule has 0 aromatic carbocycles. The van der Waals surface area contributed by atoms with Crippen LogP contribution in [0, 0.1) is 11.3 Å². The van der Waals surface area contributed by atoms with E-state index in [4.69, 9.17) is 0 Å². The smallest absolute Gasteiger partial charge is 0.267 e. The van der Waals surface area contributed by atoms with Gasteiger partial charge in [-0.15, -0.1) is 0 Å². The molecule has 0 saturated heterocycles. The Hall–Kier alpha value is -1.58. The molecule has 0 unspecified atom stereocenters. The van der Waals surface area contributed by atoms with Crippen molar-refractivity contribution in [3.63, 3.8) is 0 Å². The highest BCUT2D eigenvalue weighted by molar-refractivity contribution is 5.92. The van der Waals surface area contributed by atoms with Crippen molar-refractivity contribution in [2.24, 2.45) is 11.3 Å². The Balaban J connectivity index is 1.62. The summed E-state index contributed by atoms with van der Waals surface area (Å²) in [6, 6.07) is 4.64. The van der Waals surface area contributed by atoms with E-state index in [0.29, 0.717) is 11.1 Å². The van der Waals surface area contributed by atoms with E-state index in [1.807, 2.05) is 0 Å². The second-order valence-corrected chi connectivity index (χ2v) is 5.25. The lowest BCUT2D eigenvalue weighted by atomic mass is 10.0. The topological polar surface area (TPSA) is 62.0 Å². The lowest BCUT2D eigenvalue weighted by molar-refractivity contribution is 0.0937. The van der Waals surface area contributed by atoms with E-state index in [9.17, 15) is 9.59 Å². The molecule has 1 aromatic rings. The first-order valence-electron chi connectivity index (χ1n) is 6.17. The fraction of sp³-hybridized carbons (Fsp3) is 0.538. The van der Waals surface area contributed by atoms with Crippen LogP contribution in [0.4, 0.5) is 0 Å². The van der Waals surface area contributed by atoms with Crippen LogP contribution in [0.1, 0.15) is 36.2 Å². The summed E-state index contributed by atoms with van der Waals surface area (Å²) in [4.78, 5) is 25.5. The summed E-state index contributed by atoms with van der Waals surface area (Å²) >= 11 is 0. The van der Waals surface area contributed by atoms with E-state index in [1.165, 1.54) is 31.7 Å². The molecule has 1 aromatic heterocycles. The molecule has 3 rings (SSSR count). The first-order chi connectivity index (χ1) is 8.20. The van der Waals surface area contributed by atoms with Gasteiger partial charge in [-0.25, -0.2) is 0 Å². The standard InChI is InChI=1S/C13H16N2O2/c16-11-3-1-2-10(15-11)12(17)14-8-13(6-7-13)9-4-5-9/h1-3,9H,4-8H2,(H,14,17)(H,15,16). The van der Waals surface area contributed by atoms with Gasteiger partial charge in [0.05, 0.1) is 0 Å². The second-order valence-electron chi connectivity index (χ2n) is 5.25. The van der Waals surface area contributed by atoms with Gasteiger partial charge in [0.2, 0.25) is 5.56 Å². The summed E-state index contributed by atoms with van der Waals surface area (Å²) in [5.74, 6) is 0.659. The van der Waals surface area contributed by atoms with Crippen molar-refractivity contribution in [1.82, 2.24) is 10.3 Å². The summed E-state index contributed by atoms with van der Waals surface area (Å²) in [6.45, 7) is 0.757. The van der Waals surface area contributed by atoms with Gasteiger partial charge in [0.15, 0.2) is 0 Å². The molecule has 0 aliphatic heterocycles. The van der Waals surface area contributed by atoms with Crippen LogP contribution in [0.15, 0.2) is 23.0 Å². The predicted molar refractivity (Wildman–Crippen MR) is 63.8 cm³/mol. The maximum atomic E-state index is 11.8. The predicted octanol–water partition coefficient (Wildman–Crippen LogP) is 1.29. The normalized spacial score (nSPS) is 20.9. The number of amides is 1. The molecular formula is C13H16N2O2. The zero-order valence-electron chi connectivity index (χ0n) is 9.66. The summed E-state index contributed by atoms with van der Waals surface area (Å²) in [5.41, 5.74) is 0.509. The van der Waals surface area contributed by atoms with Crippen LogP contribution in [0.25, 0.3) is 0 Å². The van der Waals surface area contributed by atoms with Crippen LogP contribution in [-0.2, 0) is 0 Å². The van der Waals surface area contributed by atoms with E-state index in [0.717, 1.165) is 12.5 Å². The van der Waals surface area contributed by atoms with Crippen molar-refractivity contribution in [3.05, 3.63) is 34.2 Å². The Labute approximate surface area is 99.4 Å². The molecule has 0 atom stereocenters. The Morgan fingerprint density at radius 3 is 2.76 bits per heavy atom. The van der Waals surface area contributed by atoms with Crippen LogP contribution in [-0.4, -0.2) is 17.4 Å². The number of carbonyl (C=O) groups excluding carboxylic acids is 1. The Bertz CT molecular complexity index is 498. The minimum absolute atomic E-state index is 0.172. The highest BCUT2D eigenvalue weighted by Gasteiger charge is 2.53. The van der Waals surface area contributed by atoms with E-state index >= 15 is 0 Å². The molecule has 2 aliphatic carbocycles. The minimum atomic E-state index is -0.235. The molecule has 2 N–H and O–H groups in total. The van der Waals surface area contributed by atoms with Crippen molar-refractivity contribution in [3.8, 4) is 0 Å². The summed E-state index contributed by atoms with van der Waals surface area (Å²) in [5, 5.41) is 2.94. The first-order valence-corrected chi connectivity index (χ1v) is 6.17. The second kappa shape index (κ2) is 3.72. The first kappa shape index (κ1) is 10.6. The number of hydrogen-bond acceptors (Lipinski definition) is 2. The molecule has 1 heterocycles. The van der Waals surface area contributed by atoms with Crippen molar-refractivity contribution < 1.29 is 4.79 Å². The lowest BCUT2D eigenvalue weighted by Gasteiger charge is -2.14. The number of nitrogens with one attached hydrogen (secondary N) is 2. The highest BCUT2D eigenvalue weighted by Crippen LogP contribution is 2.60. The number of carbonyl (C=O) groups is 1. The van der Waals surface area contributed by atoms with E-state index in [1.54, 1.807) is 12.1 Å². The van der Waals surface area contributed by atoms with Crippen LogP contribution in [0.3, 0.4) is 0 Å². The Morgan fingerprint density at radius 1 is 1.41 bits per heavy atom. The van der Waals surface area contributed by atoms with Crippen LogP contribution in [0.2, 0.25) is 0 Å². The third-order valence-corrected chi connectivity index (χ3v) is 3.95. The van der Waals surface area contributed by atoms with Gasteiger partial charge in [0, 0.05) is 12.6 Å². The average Bonchev–Trinajstić information content (AvgIpc) is 3.15. The van der Waals surface area contributed by atoms with Crippen LogP contribution < -0.4 is 10.9 Å². The van der Waals surface area contributed by atoms with Crippen LogP contribution in [0.5, 0.6) is 0 Å². The number of aromatic nitrogens is 1. The van der Waals surface area contributed by atoms with Gasteiger partial charge < -0.3 is 10.3 Å². The lowest BCUT2D eigenvalue weighted by Crippen LogP contribution is -2.32. The maximum Gasteiger partial charge on any atom is 0.267 e. The van der Waals surface area contributed by atoms with E-state index in [2.05, 4.69) is 10.3 Å². The molecular weight excluding hydrogens is 216 g/mol. The van der Waals surface area contributed by atoms with E-state index < -0.39 is 0 Å². The highest BCUT2D eigenvalue weighted by atomic mass is 16.2. The maximum absolute atomic E-state index is 11.8. The molecule has 17 heavy (non-hydrogen) atoms. The van der Waals surface area contributed by atoms with Gasteiger partial charge in [0.1, 0.15) is 5.69 Å². The molecule has 0 bridgehead atoms. The summed E-state index contributed by atoms with van der Waals surface area (Å²) in [7, 11) is 0. The van der Waals surface area contributed by atoms with Gasteiger partial charge in [-0.3, -0.25) is 9.59 Å². The van der Waals surface area contributed by atoms with E-state index in [-0.39, 0.29) is 11.5 Å². The van der Waals surface area contributed by atoms with Crippen molar-refractivity contribution in [2.45, 2.75) is 25.7 Å². The summed E-state index contributed by atoms with van der Waals surface area (Å²) in [6.07, 6.45) is 5.11. The van der Waals surface area contributed by atoms with Gasteiger partial charge in [-0.05, 0) is 43.1 Å². The Kier molecular flexibility index (Phi) is 2.31. The monoisotopic (exact) mass is 232 g/mol. The molecule has 0 radical (unpaired) electrons. The van der Waals surface area contributed by atoms with Crippen molar-refractivity contribution in [2.75, 3.05) is 6.54 Å². The average molecular weight is 232 g/mol. The number of H-pyrrole nitrogens is 1. The Morgan fingerprint density at radius 2 is 2.18 bits per heavy atom. The zero-order chi connectivity index (χ0) is 11.9. The van der Waals surface area contributed by atoms with Crippen molar-refractivity contribution >= 4 is 5.91 Å².